The summed E-state index contributed by atoms with van der Waals surface area (Å²) in [6.45, 7) is 0.329. The molecule has 0 aromatic carbocycles. The summed E-state index contributed by atoms with van der Waals surface area (Å²) < 4.78 is 0. The summed E-state index contributed by atoms with van der Waals surface area (Å²) in [6.07, 6.45) is 2.60. The topological polar surface area (TPSA) is 49.3 Å². The summed E-state index contributed by atoms with van der Waals surface area (Å²) in [5.74, 6) is 0.289. The van der Waals surface area contributed by atoms with E-state index in [9.17, 15) is 9.90 Å². The largest absolute Gasteiger partial charge is 0.386 e. The first-order chi connectivity index (χ1) is 7.27. The van der Waals surface area contributed by atoms with Crippen LogP contribution in [0.1, 0.15) is 30.2 Å². The minimum atomic E-state index is -0.561. The Labute approximate surface area is 93.1 Å². The number of hydrogen-bond acceptors (Lipinski definition) is 3. The predicted octanol–water partition coefficient (Wildman–Crippen LogP) is 1.70. The van der Waals surface area contributed by atoms with Gasteiger partial charge in [-0.25, -0.2) is 0 Å². The van der Waals surface area contributed by atoms with Crippen molar-refractivity contribution in [1.82, 2.24) is 5.32 Å². The molecule has 4 heteroatoms. The van der Waals surface area contributed by atoms with Gasteiger partial charge in [0.15, 0.2) is 0 Å². The van der Waals surface area contributed by atoms with Crippen molar-refractivity contribution < 1.29 is 9.90 Å². The van der Waals surface area contributed by atoms with Gasteiger partial charge in [-0.3, -0.25) is 4.79 Å². The average Bonchev–Trinajstić information content (AvgIpc) is 2.63. The lowest BCUT2D eigenvalue weighted by molar-refractivity contribution is -0.127. The van der Waals surface area contributed by atoms with Gasteiger partial charge in [0.1, 0.15) is 6.10 Å². The van der Waals surface area contributed by atoms with Crippen LogP contribution in [0.4, 0.5) is 0 Å². The summed E-state index contributed by atoms with van der Waals surface area (Å²) in [4.78, 5) is 12.4. The first kappa shape index (κ1) is 10.6. The third-order valence-electron chi connectivity index (χ3n) is 2.82. The summed E-state index contributed by atoms with van der Waals surface area (Å²) in [5.41, 5.74) is 0. The SMILES string of the molecule is O=C(NCC(O)c1cccs1)C1CCC1. The van der Waals surface area contributed by atoms with Crippen LogP contribution in [0.3, 0.4) is 0 Å². The smallest absolute Gasteiger partial charge is 0.223 e. The van der Waals surface area contributed by atoms with E-state index in [2.05, 4.69) is 5.32 Å². The quantitative estimate of drug-likeness (QED) is 0.819. The summed E-state index contributed by atoms with van der Waals surface area (Å²) in [7, 11) is 0. The van der Waals surface area contributed by atoms with E-state index < -0.39 is 6.10 Å². The molecule has 2 N–H and O–H groups in total. The van der Waals surface area contributed by atoms with E-state index >= 15 is 0 Å². The molecule has 0 radical (unpaired) electrons. The molecule has 15 heavy (non-hydrogen) atoms. The molecule has 1 saturated carbocycles. The van der Waals surface area contributed by atoms with E-state index in [4.69, 9.17) is 0 Å². The fourth-order valence-electron chi connectivity index (χ4n) is 1.59. The molecule has 1 aromatic heterocycles. The Morgan fingerprint density at radius 1 is 1.67 bits per heavy atom. The molecule has 1 amide bonds. The fourth-order valence-corrected chi connectivity index (χ4v) is 2.31. The zero-order valence-corrected chi connectivity index (χ0v) is 9.30. The number of rotatable bonds is 4. The normalized spacial score (nSPS) is 18.2. The second kappa shape index (κ2) is 4.77. The Bertz CT molecular complexity index is 319. The van der Waals surface area contributed by atoms with Crippen molar-refractivity contribution in [2.45, 2.75) is 25.4 Å². The van der Waals surface area contributed by atoms with Crippen LogP contribution < -0.4 is 5.32 Å². The van der Waals surface area contributed by atoms with Crippen molar-refractivity contribution in [1.29, 1.82) is 0 Å². The minimum absolute atomic E-state index is 0.0943. The predicted molar refractivity (Wildman–Crippen MR) is 59.6 cm³/mol. The van der Waals surface area contributed by atoms with Crippen LogP contribution in [-0.2, 0) is 4.79 Å². The number of nitrogens with one attached hydrogen (secondary N) is 1. The lowest BCUT2D eigenvalue weighted by Gasteiger charge is -2.24. The molecule has 1 aromatic rings. The molecule has 2 rings (SSSR count). The van der Waals surface area contributed by atoms with Gasteiger partial charge in [-0.1, -0.05) is 12.5 Å². The number of thiophene rings is 1. The number of aliphatic hydroxyl groups is 1. The van der Waals surface area contributed by atoms with Gasteiger partial charge in [-0.15, -0.1) is 11.3 Å². The molecule has 1 unspecified atom stereocenters. The monoisotopic (exact) mass is 225 g/mol. The highest BCUT2D eigenvalue weighted by molar-refractivity contribution is 7.10. The van der Waals surface area contributed by atoms with Crippen LogP contribution in [-0.4, -0.2) is 17.6 Å². The Balaban J connectivity index is 1.75. The molecule has 0 spiro atoms. The zero-order valence-electron chi connectivity index (χ0n) is 8.48. The third-order valence-corrected chi connectivity index (χ3v) is 3.79. The van der Waals surface area contributed by atoms with Crippen molar-refractivity contribution >= 4 is 17.2 Å². The summed E-state index contributed by atoms with van der Waals surface area (Å²) >= 11 is 1.51. The minimum Gasteiger partial charge on any atom is -0.386 e. The van der Waals surface area contributed by atoms with Crippen LogP contribution in [0.25, 0.3) is 0 Å². The molecule has 1 atom stereocenters. The highest BCUT2D eigenvalue weighted by atomic mass is 32.1. The first-order valence-corrected chi connectivity index (χ1v) is 6.14. The number of amides is 1. The number of carbonyl (C=O) groups excluding carboxylic acids is 1. The van der Waals surface area contributed by atoms with E-state index in [-0.39, 0.29) is 11.8 Å². The van der Waals surface area contributed by atoms with E-state index in [1.54, 1.807) is 0 Å². The Morgan fingerprint density at radius 3 is 3.00 bits per heavy atom. The standard InChI is InChI=1S/C11H15NO2S/c13-9(10-5-2-6-15-10)7-12-11(14)8-3-1-4-8/h2,5-6,8-9,13H,1,3-4,7H2,(H,12,14). The van der Waals surface area contributed by atoms with Gasteiger partial charge in [0.25, 0.3) is 0 Å². The highest BCUT2D eigenvalue weighted by Gasteiger charge is 2.25. The fraction of sp³-hybridized carbons (Fsp3) is 0.545. The van der Waals surface area contributed by atoms with Gasteiger partial charge in [0.05, 0.1) is 0 Å². The highest BCUT2D eigenvalue weighted by Crippen LogP contribution is 2.26. The number of hydrogen-bond donors (Lipinski definition) is 2. The van der Waals surface area contributed by atoms with Crippen LogP contribution >= 0.6 is 11.3 Å². The van der Waals surface area contributed by atoms with Gasteiger partial charge < -0.3 is 10.4 Å². The van der Waals surface area contributed by atoms with E-state index in [1.807, 2.05) is 17.5 Å². The zero-order chi connectivity index (χ0) is 10.7. The van der Waals surface area contributed by atoms with Crippen molar-refractivity contribution in [2.24, 2.45) is 5.92 Å². The van der Waals surface area contributed by atoms with Gasteiger partial charge in [0.2, 0.25) is 5.91 Å². The summed E-state index contributed by atoms with van der Waals surface area (Å²) in [6, 6.07) is 3.78. The van der Waals surface area contributed by atoms with Crippen molar-refractivity contribution in [3.8, 4) is 0 Å². The lowest BCUT2D eigenvalue weighted by atomic mass is 9.85. The molecule has 0 saturated heterocycles. The Kier molecular flexibility index (Phi) is 3.38. The maximum Gasteiger partial charge on any atom is 0.223 e. The second-order valence-electron chi connectivity index (χ2n) is 3.90. The summed E-state index contributed by atoms with van der Waals surface area (Å²) in [5, 5.41) is 14.4. The van der Waals surface area contributed by atoms with Gasteiger partial charge in [0, 0.05) is 17.3 Å². The third kappa shape index (κ3) is 2.58. The van der Waals surface area contributed by atoms with E-state index in [0.29, 0.717) is 6.54 Å². The van der Waals surface area contributed by atoms with Gasteiger partial charge in [-0.2, -0.15) is 0 Å². The average molecular weight is 225 g/mol. The molecule has 1 heterocycles. The number of carbonyl (C=O) groups is 1. The molecule has 1 aliphatic carbocycles. The van der Waals surface area contributed by atoms with Crippen molar-refractivity contribution in [2.75, 3.05) is 6.54 Å². The maximum atomic E-state index is 11.5. The van der Waals surface area contributed by atoms with E-state index in [1.165, 1.54) is 11.3 Å². The van der Waals surface area contributed by atoms with Crippen molar-refractivity contribution in [3.63, 3.8) is 0 Å². The molecule has 3 nitrogen and oxygen atoms in total. The second-order valence-corrected chi connectivity index (χ2v) is 4.88. The van der Waals surface area contributed by atoms with Crippen LogP contribution in [0.2, 0.25) is 0 Å². The molecular formula is C11H15NO2S. The lowest BCUT2D eigenvalue weighted by Crippen LogP contribution is -2.36. The first-order valence-electron chi connectivity index (χ1n) is 5.26. The Hall–Kier alpha value is -0.870. The Morgan fingerprint density at radius 2 is 2.47 bits per heavy atom. The number of aliphatic hydroxyl groups excluding tert-OH is 1. The molecular weight excluding hydrogens is 210 g/mol. The molecule has 1 aliphatic rings. The molecule has 0 aliphatic heterocycles. The van der Waals surface area contributed by atoms with Crippen LogP contribution in [0, 0.1) is 5.92 Å². The van der Waals surface area contributed by atoms with Crippen molar-refractivity contribution in [3.05, 3.63) is 22.4 Å². The molecule has 82 valence electrons. The van der Waals surface area contributed by atoms with Gasteiger partial charge >= 0.3 is 0 Å². The van der Waals surface area contributed by atoms with Gasteiger partial charge in [-0.05, 0) is 24.3 Å². The molecule has 0 bridgehead atoms. The maximum absolute atomic E-state index is 11.5. The van der Waals surface area contributed by atoms with Crippen LogP contribution in [0.5, 0.6) is 0 Å². The van der Waals surface area contributed by atoms with E-state index in [0.717, 1.165) is 24.1 Å². The van der Waals surface area contributed by atoms with Crippen LogP contribution in [0.15, 0.2) is 17.5 Å². The molecule has 1 fully saturated rings.